The minimum Gasteiger partial charge on any atom is -0.480 e. The summed E-state index contributed by atoms with van der Waals surface area (Å²) in [6, 6.07) is 13.3. The van der Waals surface area contributed by atoms with Gasteiger partial charge in [-0.25, -0.2) is 4.79 Å². The summed E-state index contributed by atoms with van der Waals surface area (Å²) in [5.74, 6) is -0.344. The van der Waals surface area contributed by atoms with Gasteiger partial charge in [0, 0.05) is 5.56 Å². The highest BCUT2D eigenvalue weighted by atomic mass is 16.5. The molecule has 0 spiro atoms. The quantitative estimate of drug-likeness (QED) is 0.849. The van der Waals surface area contributed by atoms with Crippen LogP contribution in [0.1, 0.15) is 29.8 Å². The van der Waals surface area contributed by atoms with Crippen molar-refractivity contribution in [3.63, 3.8) is 0 Å². The number of hydrogen-bond acceptors (Lipinski definition) is 3. The third-order valence-electron chi connectivity index (χ3n) is 3.59. The molecular formula is C19H21NO4. The van der Waals surface area contributed by atoms with Gasteiger partial charge in [0.1, 0.15) is 17.5 Å². The van der Waals surface area contributed by atoms with Crippen LogP contribution in [0.4, 0.5) is 0 Å². The van der Waals surface area contributed by atoms with Crippen LogP contribution in [-0.4, -0.2) is 23.0 Å². The van der Waals surface area contributed by atoms with E-state index in [0.29, 0.717) is 17.1 Å². The largest absolute Gasteiger partial charge is 0.480 e. The fourth-order valence-corrected chi connectivity index (χ4v) is 2.15. The molecule has 2 N–H and O–H groups in total. The maximum atomic E-state index is 12.2. The number of carboxylic acid groups (broad SMARTS) is 1. The second-order valence-corrected chi connectivity index (χ2v) is 5.97. The van der Waals surface area contributed by atoms with Gasteiger partial charge in [-0.1, -0.05) is 31.5 Å². The summed E-state index contributed by atoms with van der Waals surface area (Å²) in [5.41, 5.74) is 1.53. The van der Waals surface area contributed by atoms with E-state index in [1.54, 1.807) is 38.1 Å². The summed E-state index contributed by atoms with van der Waals surface area (Å²) in [6.45, 7) is 5.49. The van der Waals surface area contributed by atoms with Gasteiger partial charge in [0.2, 0.25) is 0 Å². The van der Waals surface area contributed by atoms with Gasteiger partial charge in [0.15, 0.2) is 0 Å². The van der Waals surface area contributed by atoms with E-state index in [1.165, 1.54) is 0 Å². The summed E-state index contributed by atoms with van der Waals surface area (Å²) in [4.78, 5) is 23.3. The first kappa shape index (κ1) is 17.5. The van der Waals surface area contributed by atoms with Gasteiger partial charge < -0.3 is 15.2 Å². The molecule has 0 aromatic heterocycles. The van der Waals surface area contributed by atoms with E-state index >= 15 is 0 Å². The summed E-state index contributed by atoms with van der Waals surface area (Å²) < 4.78 is 5.70. The van der Waals surface area contributed by atoms with Crippen LogP contribution in [-0.2, 0) is 4.79 Å². The van der Waals surface area contributed by atoms with Crippen LogP contribution in [0, 0.1) is 12.8 Å². The smallest absolute Gasteiger partial charge is 0.326 e. The summed E-state index contributed by atoms with van der Waals surface area (Å²) >= 11 is 0. The van der Waals surface area contributed by atoms with Crippen LogP contribution in [0.5, 0.6) is 11.5 Å². The van der Waals surface area contributed by atoms with Crippen LogP contribution >= 0.6 is 0 Å². The molecule has 2 rings (SSSR count). The van der Waals surface area contributed by atoms with Gasteiger partial charge in [-0.15, -0.1) is 0 Å². The number of ether oxygens (including phenoxy) is 1. The molecule has 0 fully saturated rings. The van der Waals surface area contributed by atoms with Crippen LogP contribution in [0.2, 0.25) is 0 Å². The first-order valence-electron chi connectivity index (χ1n) is 7.75. The first-order chi connectivity index (χ1) is 11.4. The Balaban J connectivity index is 2.04. The van der Waals surface area contributed by atoms with Crippen molar-refractivity contribution in [2.24, 2.45) is 5.92 Å². The highest BCUT2D eigenvalue weighted by molar-refractivity contribution is 5.96. The van der Waals surface area contributed by atoms with Gasteiger partial charge in [-0.05, 0) is 49.2 Å². The van der Waals surface area contributed by atoms with Crippen molar-refractivity contribution >= 4 is 11.9 Å². The Morgan fingerprint density at radius 3 is 1.92 bits per heavy atom. The number of rotatable bonds is 6. The molecule has 0 aliphatic heterocycles. The third-order valence-corrected chi connectivity index (χ3v) is 3.59. The molecule has 5 nitrogen and oxygen atoms in total. The predicted octanol–water partition coefficient (Wildman–Crippen LogP) is 3.63. The van der Waals surface area contributed by atoms with Crippen LogP contribution in [0.25, 0.3) is 0 Å². The van der Waals surface area contributed by atoms with Gasteiger partial charge in [0.25, 0.3) is 5.91 Å². The average molecular weight is 327 g/mol. The van der Waals surface area contributed by atoms with E-state index in [4.69, 9.17) is 9.84 Å². The molecule has 0 saturated heterocycles. The van der Waals surface area contributed by atoms with Crippen molar-refractivity contribution in [2.45, 2.75) is 26.8 Å². The fourth-order valence-electron chi connectivity index (χ4n) is 2.15. The van der Waals surface area contributed by atoms with Crippen LogP contribution in [0.3, 0.4) is 0 Å². The molecule has 1 atom stereocenters. The Bertz CT molecular complexity index is 705. The number of aryl methyl sites for hydroxylation is 1. The number of hydrogen-bond donors (Lipinski definition) is 2. The zero-order valence-corrected chi connectivity index (χ0v) is 13.9. The molecule has 0 bridgehead atoms. The highest BCUT2D eigenvalue weighted by Crippen LogP contribution is 2.22. The molecule has 5 heteroatoms. The van der Waals surface area contributed by atoms with E-state index in [0.717, 1.165) is 5.56 Å². The maximum Gasteiger partial charge on any atom is 0.326 e. The van der Waals surface area contributed by atoms with Crippen molar-refractivity contribution in [3.05, 3.63) is 59.7 Å². The van der Waals surface area contributed by atoms with Crippen molar-refractivity contribution in [3.8, 4) is 11.5 Å². The van der Waals surface area contributed by atoms with Crippen molar-refractivity contribution in [1.29, 1.82) is 0 Å². The molecule has 2 aromatic carbocycles. The second kappa shape index (κ2) is 7.64. The summed E-state index contributed by atoms with van der Waals surface area (Å²) in [7, 11) is 0. The lowest BCUT2D eigenvalue weighted by molar-refractivity contribution is -0.140. The number of aliphatic carboxylic acids is 1. The van der Waals surface area contributed by atoms with Crippen molar-refractivity contribution in [1.82, 2.24) is 5.32 Å². The number of benzene rings is 2. The van der Waals surface area contributed by atoms with Crippen molar-refractivity contribution in [2.75, 3.05) is 0 Å². The normalized spacial score (nSPS) is 11.8. The van der Waals surface area contributed by atoms with E-state index in [1.807, 2.05) is 31.2 Å². The average Bonchev–Trinajstić information content (AvgIpc) is 2.54. The van der Waals surface area contributed by atoms with Crippen LogP contribution < -0.4 is 10.1 Å². The molecule has 0 unspecified atom stereocenters. The lowest BCUT2D eigenvalue weighted by atomic mass is 10.0. The summed E-state index contributed by atoms with van der Waals surface area (Å²) in [6.07, 6.45) is 0. The van der Waals surface area contributed by atoms with Gasteiger partial charge in [-0.2, -0.15) is 0 Å². The molecular weight excluding hydrogens is 306 g/mol. The molecule has 0 saturated carbocycles. The molecule has 0 aliphatic carbocycles. The van der Waals surface area contributed by atoms with Gasteiger partial charge >= 0.3 is 5.97 Å². The second-order valence-electron chi connectivity index (χ2n) is 5.97. The van der Waals surface area contributed by atoms with Crippen LogP contribution in [0.15, 0.2) is 48.5 Å². The number of nitrogens with one attached hydrogen (secondary N) is 1. The molecule has 126 valence electrons. The maximum absolute atomic E-state index is 12.2. The fraction of sp³-hybridized carbons (Fsp3) is 0.263. The zero-order chi connectivity index (χ0) is 17.7. The first-order valence-corrected chi connectivity index (χ1v) is 7.75. The lowest BCUT2D eigenvalue weighted by Gasteiger charge is -2.18. The minimum atomic E-state index is -1.04. The van der Waals surface area contributed by atoms with Gasteiger partial charge in [0.05, 0.1) is 0 Å². The number of amides is 1. The number of carboxylic acids is 1. The Morgan fingerprint density at radius 2 is 1.46 bits per heavy atom. The predicted molar refractivity (Wildman–Crippen MR) is 91.4 cm³/mol. The molecule has 2 aromatic rings. The Kier molecular flexibility index (Phi) is 5.58. The molecule has 0 heterocycles. The topological polar surface area (TPSA) is 75.6 Å². The standard InChI is InChI=1S/C19H21NO4/c1-12(2)17(19(22)23)20-18(21)14-6-10-16(11-7-14)24-15-8-4-13(3)5-9-15/h4-12,17H,1-3H3,(H,20,21)(H,22,23)/t17-/m0/s1. The molecule has 1 amide bonds. The SMILES string of the molecule is Cc1ccc(Oc2ccc(C(=O)N[C@H](C(=O)O)C(C)C)cc2)cc1. The number of carbonyl (C=O) groups excluding carboxylic acids is 1. The molecule has 24 heavy (non-hydrogen) atoms. The van der Waals surface area contributed by atoms with E-state index in [-0.39, 0.29) is 5.92 Å². The zero-order valence-electron chi connectivity index (χ0n) is 13.9. The third kappa shape index (κ3) is 4.59. The lowest BCUT2D eigenvalue weighted by Crippen LogP contribution is -2.44. The highest BCUT2D eigenvalue weighted by Gasteiger charge is 2.23. The summed E-state index contributed by atoms with van der Waals surface area (Å²) in [5, 5.41) is 11.7. The van der Waals surface area contributed by atoms with E-state index in [2.05, 4.69) is 5.32 Å². The van der Waals surface area contributed by atoms with Gasteiger partial charge in [-0.3, -0.25) is 4.79 Å². The molecule has 0 aliphatic rings. The Labute approximate surface area is 141 Å². The number of carbonyl (C=O) groups is 2. The Hall–Kier alpha value is -2.82. The van der Waals surface area contributed by atoms with E-state index < -0.39 is 17.9 Å². The van der Waals surface area contributed by atoms with E-state index in [9.17, 15) is 9.59 Å². The minimum absolute atomic E-state index is 0.199. The Morgan fingerprint density at radius 1 is 0.958 bits per heavy atom. The van der Waals surface area contributed by atoms with Crippen molar-refractivity contribution < 1.29 is 19.4 Å². The monoisotopic (exact) mass is 327 g/mol. The molecule has 0 radical (unpaired) electrons.